The Hall–Kier alpha value is -3.55. The van der Waals surface area contributed by atoms with Crippen molar-refractivity contribution in [1.82, 2.24) is 15.2 Å². The number of benzene rings is 2. The summed E-state index contributed by atoms with van der Waals surface area (Å²) >= 11 is 0. The molecule has 4 rings (SSSR count). The molecule has 0 saturated heterocycles. The zero-order chi connectivity index (χ0) is 20.2. The maximum Gasteiger partial charge on any atom is 0.339 e. The predicted molar refractivity (Wildman–Crippen MR) is 108 cm³/mol. The van der Waals surface area contributed by atoms with E-state index in [4.69, 9.17) is 18.9 Å². The van der Waals surface area contributed by atoms with Crippen molar-refractivity contribution in [2.75, 3.05) is 26.1 Å². The minimum atomic E-state index is -0.520. The van der Waals surface area contributed by atoms with Crippen LogP contribution in [-0.4, -0.2) is 36.0 Å². The first-order valence-electron chi connectivity index (χ1n) is 9.35. The highest BCUT2D eigenvalue weighted by molar-refractivity contribution is 5.79. The smallest absolute Gasteiger partial charge is 0.339 e. The second kappa shape index (κ2) is 8.22. The van der Waals surface area contributed by atoms with Gasteiger partial charge in [-0.05, 0) is 30.7 Å². The molecule has 1 unspecified atom stereocenters. The van der Waals surface area contributed by atoms with E-state index in [0.29, 0.717) is 29.7 Å². The molecule has 2 heterocycles. The summed E-state index contributed by atoms with van der Waals surface area (Å²) in [6, 6.07) is 13.6. The van der Waals surface area contributed by atoms with Gasteiger partial charge in [-0.15, -0.1) is 5.10 Å². The van der Waals surface area contributed by atoms with Crippen LogP contribution in [-0.2, 0) is 0 Å². The summed E-state index contributed by atoms with van der Waals surface area (Å²) in [6.07, 6.45) is 0.327. The van der Waals surface area contributed by atoms with E-state index in [0.717, 1.165) is 23.2 Å². The molecule has 2 aromatic carbocycles. The molecule has 150 valence electrons. The number of hydrogen-bond acceptors (Lipinski definition) is 8. The van der Waals surface area contributed by atoms with E-state index < -0.39 is 6.23 Å². The number of nitrogens with zero attached hydrogens (tertiary/aromatic N) is 3. The lowest BCUT2D eigenvalue weighted by atomic mass is 10.1. The van der Waals surface area contributed by atoms with Crippen LogP contribution in [0.3, 0.4) is 0 Å². The second-order valence-corrected chi connectivity index (χ2v) is 6.40. The van der Waals surface area contributed by atoms with Crippen molar-refractivity contribution in [3.05, 3.63) is 48.0 Å². The molecule has 0 bridgehead atoms. The van der Waals surface area contributed by atoms with Gasteiger partial charge >= 0.3 is 6.01 Å². The highest BCUT2D eigenvalue weighted by Crippen LogP contribution is 2.40. The van der Waals surface area contributed by atoms with Crippen molar-refractivity contribution in [2.45, 2.75) is 19.6 Å². The first-order valence-corrected chi connectivity index (χ1v) is 9.35. The van der Waals surface area contributed by atoms with Crippen molar-refractivity contribution in [2.24, 2.45) is 0 Å². The highest BCUT2D eigenvalue weighted by Gasteiger charge is 2.26. The topological polar surface area (TPSA) is 87.6 Å². The van der Waals surface area contributed by atoms with Crippen LogP contribution in [0.4, 0.5) is 5.69 Å². The summed E-state index contributed by atoms with van der Waals surface area (Å²) in [5, 5.41) is 11.8. The fourth-order valence-corrected chi connectivity index (χ4v) is 3.07. The molecular weight excluding hydrogens is 372 g/mol. The summed E-state index contributed by atoms with van der Waals surface area (Å²) in [4.78, 5) is 4.45. The molecule has 1 aliphatic heterocycles. The Labute approximate surface area is 168 Å². The summed E-state index contributed by atoms with van der Waals surface area (Å²) in [5.41, 5.74) is 3.12. The maximum absolute atomic E-state index is 6.22. The van der Waals surface area contributed by atoms with Gasteiger partial charge in [0.2, 0.25) is 5.88 Å². The van der Waals surface area contributed by atoms with Crippen molar-refractivity contribution in [3.63, 3.8) is 0 Å². The molecule has 0 fully saturated rings. The SMILES string of the molecule is CCCOc1nnc2c(n1)OC(c1ccc(OC)c(OC)c1)Nc1ccccc1-2. The number of para-hydroxylation sites is 1. The number of nitrogens with one attached hydrogen (secondary N) is 1. The monoisotopic (exact) mass is 394 g/mol. The van der Waals surface area contributed by atoms with Gasteiger partial charge in [-0.1, -0.05) is 30.2 Å². The number of rotatable bonds is 6. The molecule has 1 aromatic heterocycles. The Morgan fingerprint density at radius 2 is 1.86 bits per heavy atom. The van der Waals surface area contributed by atoms with Crippen molar-refractivity contribution in [3.8, 4) is 34.6 Å². The van der Waals surface area contributed by atoms with Gasteiger partial charge in [0.25, 0.3) is 0 Å². The minimum Gasteiger partial charge on any atom is -0.493 e. The molecule has 0 aliphatic carbocycles. The van der Waals surface area contributed by atoms with Crippen LogP contribution in [0.5, 0.6) is 23.4 Å². The third-order valence-electron chi connectivity index (χ3n) is 4.48. The van der Waals surface area contributed by atoms with Crippen LogP contribution in [0, 0.1) is 0 Å². The summed E-state index contributed by atoms with van der Waals surface area (Å²) in [5.74, 6) is 1.61. The molecule has 1 aliphatic rings. The number of hydrogen-bond donors (Lipinski definition) is 1. The Morgan fingerprint density at radius 1 is 1.03 bits per heavy atom. The summed E-state index contributed by atoms with van der Waals surface area (Å²) in [6.45, 7) is 2.52. The quantitative estimate of drug-likeness (QED) is 0.675. The van der Waals surface area contributed by atoms with E-state index in [1.807, 2.05) is 49.4 Å². The number of methoxy groups -OCH3 is 2. The second-order valence-electron chi connectivity index (χ2n) is 6.40. The Morgan fingerprint density at radius 3 is 2.66 bits per heavy atom. The van der Waals surface area contributed by atoms with Gasteiger partial charge in [-0.3, -0.25) is 0 Å². The minimum absolute atomic E-state index is 0.191. The summed E-state index contributed by atoms with van der Waals surface area (Å²) < 4.78 is 22.5. The van der Waals surface area contributed by atoms with Crippen LogP contribution >= 0.6 is 0 Å². The standard InChI is InChI=1S/C21H22N4O4/c1-4-11-28-21-23-20-18(24-25-21)14-7-5-6-8-15(14)22-19(29-20)13-9-10-16(26-2)17(12-13)27-3/h5-10,12,19,22H,4,11H2,1-3H3. The molecule has 3 aromatic rings. The van der Waals surface area contributed by atoms with Gasteiger partial charge in [0.15, 0.2) is 23.4 Å². The first-order chi connectivity index (χ1) is 14.2. The molecule has 0 spiro atoms. The molecule has 29 heavy (non-hydrogen) atoms. The third kappa shape index (κ3) is 3.73. The summed E-state index contributed by atoms with van der Waals surface area (Å²) in [7, 11) is 3.20. The Balaban J connectivity index is 1.77. The van der Waals surface area contributed by atoms with E-state index in [1.54, 1.807) is 14.2 Å². The van der Waals surface area contributed by atoms with Gasteiger partial charge in [-0.25, -0.2) is 0 Å². The van der Waals surface area contributed by atoms with E-state index in [1.165, 1.54) is 0 Å². The van der Waals surface area contributed by atoms with Crippen molar-refractivity contribution in [1.29, 1.82) is 0 Å². The van der Waals surface area contributed by atoms with Crippen LogP contribution in [0.1, 0.15) is 25.1 Å². The Bertz CT molecular complexity index is 1010. The van der Waals surface area contributed by atoms with Gasteiger partial charge in [0, 0.05) is 16.8 Å². The molecular formula is C21H22N4O4. The Kier molecular flexibility index (Phi) is 5.33. The molecule has 0 radical (unpaired) electrons. The van der Waals surface area contributed by atoms with Crippen molar-refractivity contribution < 1.29 is 18.9 Å². The molecule has 0 saturated carbocycles. The van der Waals surface area contributed by atoms with Crippen LogP contribution in [0.15, 0.2) is 42.5 Å². The predicted octanol–water partition coefficient (Wildman–Crippen LogP) is 3.85. The van der Waals surface area contributed by atoms with Gasteiger partial charge in [-0.2, -0.15) is 4.98 Å². The van der Waals surface area contributed by atoms with E-state index in [-0.39, 0.29) is 6.01 Å². The highest BCUT2D eigenvalue weighted by atomic mass is 16.5. The lowest BCUT2D eigenvalue weighted by Crippen LogP contribution is -2.17. The van der Waals surface area contributed by atoms with E-state index >= 15 is 0 Å². The van der Waals surface area contributed by atoms with Gasteiger partial charge in [0.05, 0.1) is 20.8 Å². The van der Waals surface area contributed by atoms with Crippen LogP contribution in [0.2, 0.25) is 0 Å². The fourth-order valence-electron chi connectivity index (χ4n) is 3.07. The normalized spacial score (nSPS) is 14.5. The maximum atomic E-state index is 6.22. The molecule has 8 heteroatoms. The third-order valence-corrected chi connectivity index (χ3v) is 4.48. The molecule has 1 N–H and O–H groups in total. The van der Waals surface area contributed by atoms with Crippen molar-refractivity contribution >= 4 is 5.69 Å². The fraction of sp³-hybridized carbons (Fsp3) is 0.286. The lowest BCUT2D eigenvalue weighted by Gasteiger charge is -2.20. The number of anilines is 1. The average molecular weight is 394 g/mol. The van der Waals surface area contributed by atoms with Crippen LogP contribution < -0.4 is 24.3 Å². The van der Waals surface area contributed by atoms with Crippen LogP contribution in [0.25, 0.3) is 11.3 Å². The number of ether oxygens (including phenoxy) is 4. The number of aromatic nitrogens is 3. The zero-order valence-corrected chi connectivity index (χ0v) is 16.5. The van der Waals surface area contributed by atoms with Gasteiger partial charge in [0.1, 0.15) is 0 Å². The molecule has 1 atom stereocenters. The molecule has 0 amide bonds. The van der Waals surface area contributed by atoms with Gasteiger partial charge < -0.3 is 24.3 Å². The molecule has 8 nitrogen and oxygen atoms in total. The van der Waals surface area contributed by atoms with E-state index in [2.05, 4.69) is 20.5 Å². The first kappa shape index (κ1) is 18.8. The number of fused-ring (bicyclic) bond motifs is 3. The zero-order valence-electron chi connectivity index (χ0n) is 16.5. The largest absolute Gasteiger partial charge is 0.493 e. The average Bonchev–Trinajstić information content (AvgIpc) is 2.93. The lowest BCUT2D eigenvalue weighted by molar-refractivity contribution is 0.217. The van der Waals surface area contributed by atoms with E-state index in [9.17, 15) is 0 Å².